The third kappa shape index (κ3) is 3.16. The number of esters is 1. The molecule has 0 aliphatic heterocycles. The number of ether oxygens (including phenoxy) is 1. The number of carbonyl (C=O) groups excluding carboxylic acids is 2. The number of aryl methyl sites for hydroxylation is 1. The molecule has 0 heterocycles. The van der Waals surface area contributed by atoms with Crippen molar-refractivity contribution < 1.29 is 14.3 Å². The Hall–Kier alpha value is -1.64. The highest BCUT2D eigenvalue weighted by molar-refractivity contribution is 6.09. The molecule has 1 unspecified atom stereocenters. The molecule has 0 fully saturated rings. The van der Waals surface area contributed by atoms with E-state index in [0.717, 1.165) is 5.56 Å². The molecule has 17 heavy (non-hydrogen) atoms. The van der Waals surface area contributed by atoms with Gasteiger partial charge in [-0.15, -0.1) is 0 Å². The largest absolute Gasteiger partial charge is 0.465 e. The Bertz CT molecular complexity index is 410. The van der Waals surface area contributed by atoms with Crippen LogP contribution in [0.15, 0.2) is 24.3 Å². The Labute approximate surface area is 102 Å². The van der Waals surface area contributed by atoms with E-state index >= 15 is 0 Å². The first kappa shape index (κ1) is 13.4. The van der Waals surface area contributed by atoms with Crippen molar-refractivity contribution in [2.24, 2.45) is 5.92 Å². The molecular formula is C14H18O3. The number of ketones is 1. The van der Waals surface area contributed by atoms with E-state index in [1.54, 1.807) is 19.1 Å². The lowest BCUT2D eigenvalue weighted by molar-refractivity contribution is -0.146. The van der Waals surface area contributed by atoms with E-state index in [1.165, 1.54) is 0 Å². The maximum atomic E-state index is 12.2. The monoisotopic (exact) mass is 234 g/mol. The molecule has 1 rings (SSSR count). The number of hydrogen-bond donors (Lipinski definition) is 0. The van der Waals surface area contributed by atoms with E-state index in [1.807, 2.05) is 26.0 Å². The van der Waals surface area contributed by atoms with Crippen LogP contribution in [0.5, 0.6) is 0 Å². The lowest BCUT2D eigenvalue weighted by Crippen LogP contribution is -2.26. The van der Waals surface area contributed by atoms with Crippen molar-refractivity contribution in [3.8, 4) is 0 Å². The molecule has 0 radical (unpaired) electrons. The van der Waals surface area contributed by atoms with Crippen molar-refractivity contribution in [3.63, 3.8) is 0 Å². The molecular weight excluding hydrogens is 216 g/mol. The summed E-state index contributed by atoms with van der Waals surface area (Å²) >= 11 is 0. The summed E-state index contributed by atoms with van der Waals surface area (Å²) in [5.41, 5.74) is 1.49. The fraction of sp³-hybridized carbons (Fsp3) is 0.429. The van der Waals surface area contributed by atoms with Crippen LogP contribution in [-0.4, -0.2) is 18.4 Å². The molecule has 0 saturated heterocycles. The van der Waals surface area contributed by atoms with Crippen molar-refractivity contribution in [2.45, 2.75) is 27.2 Å². The molecule has 0 bridgehead atoms. The minimum atomic E-state index is -0.684. The van der Waals surface area contributed by atoms with Gasteiger partial charge in [-0.1, -0.05) is 31.2 Å². The zero-order chi connectivity index (χ0) is 12.8. The number of benzene rings is 1. The summed E-state index contributed by atoms with van der Waals surface area (Å²) in [6.07, 6.45) is 0.464. The molecule has 0 saturated carbocycles. The number of rotatable bonds is 5. The first-order valence-corrected chi connectivity index (χ1v) is 5.88. The predicted octanol–water partition coefficient (Wildman–Crippen LogP) is 2.77. The Morgan fingerprint density at radius 3 is 2.41 bits per heavy atom. The topological polar surface area (TPSA) is 43.4 Å². The summed E-state index contributed by atoms with van der Waals surface area (Å²) in [5, 5.41) is 0. The SMILES string of the molecule is CCOC(=O)C(CC)C(=O)c1ccccc1C. The number of hydrogen-bond acceptors (Lipinski definition) is 3. The van der Waals surface area contributed by atoms with Crippen molar-refractivity contribution in [2.75, 3.05) is 6.61 Å². The van der Waals surface area contributed by atoms with Crippen LogP contribution < -0.4 is 0 Å². The Kier molecular flexibility index (Phi) is 4.88. The molecule has 1 aromatic rings. The second-order valence-electron chi connectivity index (χ2n) is 3.89. The van der Waals surface area contributed by atoms with Gasteiger partial charge in [0.25, 0.3) is 0 Å². The average Bonchev–Trinajstić information content (AvgIpc) is 2.30. The van der Waals surface area contributed by atoms with Gasteiger partial charge < -0.3 is 4.74 Å². The van der Waals surface area contributed by atoms with Crippen LogP contribution in [0.25, 0.3) is 0 Å². The van der Waals surface area contributed by atoms with Gasteiger partial charge >= 0.3 is 5.97 Å². The summed E-state index contributed by atoms with van der Waals surface area (Å²) < 4.78 is 4.92. The maximum Gasteiger partial charge on any atom is 0.316 e. The fourth-order valence-electron chi connectivity index (χ4n) is 1.74. The smallest absolute Gasteiger partial charge is 0.316 e. The Balaban J connectivity index is 2.94. The lowest BCUT2D eigenvalue weighted by Gasteiger charge is -2.13. The Morgan fingerprint density at radius 2 is 1.88 bits per heavy atom. The molecule has 0 spiro atoms. The summed E-state index contributed by atoms with van der Waals surface area (Å²) in [6.45, 7) is 5.72. The van der Waals surface area contributed by atoms with Crippen LogP contribution in [0, 0.1) is 12.8 Å². The number of Topliss-reactive ketones (excluding diaryl/α,β-unsaturated/α-hetero) is 1. The van der Waals surface area contributed by atoms with Crippen LogP contribution in [0.3, 0.4) is 0 Å². The van der Waals surface area contributed by atoms with E-state index in [2.05, 4.69) is 0 Å². The summed E-state index contributed by atoms with van der Waals surface area (Å²) in [5.74, 6) is -1.26. The van der Waals surface area contributed by atoms with Crippen molar-refractivity contribution in [3.05, 3.63) is 35.4 Å². The third-order valence-electron chi connectivity index (χ3n) is 2.71. The average molecular weight is 234 g/mol. The maximum absolute atomic E-state index is 12.2. The minimum absolute atomic E-state index is 0.149. The van der Waals surface area contributed by atoms with Crippen LogP contribution in [-0.2, 0) is 9.53 Å². The van der Waals surface area contributed by atoms with Crippen molar-refractivity contribution in [1.82, 2.24) is 0 Å². The molecule has 0 aliphatic rings. The van der Waals surface area contributed by atoms with Gasteiger partial charge in [-0.05, 0) is 25.8 Å². The van der Waals surface area contributed by atoms with Crippen LogP contribution in [0.4, 0.5) is 0 Å². The standard InChI is InChI=1S/C14H18O3/c1-4-11(14(16)17-5-2)13(15)12-9-7-6-8-10(12)3/h6-9,11H,4-5H2,1-3H3. The predicted molar refractivity (Wildman–Crippen MR) is 65.9 cm³/mol. The normalized spacial score (nSPS) is 11.9. The molecule has 3 heteroatoms. The zero-order valence-electron chi connectivity index (χ0n) is 10.5. The molecule has 0 aliphatic carbocycles. The number of carbonyl (C=O) groups is 2. The molecule has 92 valence electrons. The third-order valence-corrected chi connectivity index (χ3v) is 2.71. The van der Waals surface area contributed by atoms with Gasteiger partial charge in [0, 0.05) is 5.56 Å². The second kappa shape index (κ2) is 6.18. The van der Waals surface area contributed by atoms with Gasteiger partial charge in [0.15, 0.2) is 5.78 Å². The van der Waals surface area contributed by atoms with Crippen molar-refractivity contribution in [1.29, 1.82) is 0 Å². The highest BCUT2D eigenvalue weighted by atomic mass is 16.5. The van der Waals surface area contributed by atoms with E-state index in [4.69, 9.17) is 4.74 Å². The van der Waals surface area contributed by atoms with Crippen LogP contribution in [0.2, 0.25) is 0 Å². The summed E-state index contributed by atoms with van der Waals surface area (Å²) in [6, 6.07) is 7.29. The first-order chi connectivity index (χ1) is 8.11. The van der Waals surface area contributed by atoms with E-state index < -0.39 is 11.9 Å². The van der Waals surface area contributed by atoms with Gasteiger partial charge in [0.2, 0.25) is 0 Å². The van der Waals surface area contributed by atoms with Gasteiger partial charge in [-0.2, -0.15) is 0 Å². The van der Waals surface area contributed by atoms with Gasteiger partial charge in [-0.3, -0.25) is 9.59 Å². The van der Waals surface area contributed by atoms with E-state index in [9.17, 15) is 9.59 Å². The van der Waals surface area contributed by atoms with Crippen LogP contribution >= 0.6 is 0 Å². The molecule has 0 amide bonds. The molecule has 1 aromatic carbocycles. The molecule has 0 N–H and O–H groups in total. The fourth-order valence-corrected chi connectivity index (χ4v) is 1.74. The van der Waals surface area contributed by atoms with Gasteiger partial charge in [0.1, 0.15) is 5.92 Å². The molecule has 3 nitrogen and oxygen atoms in total. The molecule has 1 atom stereocenters. The quantitative estimate of drug-likeness (QED) is 0.447. The Morgan fingerprint density at radius 1 is 1.24 bits per heavy atom. The second-order valence-corrected chi connectivity index (χ2v) is 3.89. The lowest BCUT2D eigenvalue weighted by atomic mass is 9.93. The van der Waals surface area contributed by atoms with E-state index in [0.29, 0.717) is 18.6 Å². The van der Waals surface area contributed by atoms with Crippen molar-refractivity contribution >= 4 is 11.8 Å². The minimum Gasteiger partial charge on any atom is -0.465 e. The van der Waals surface area contributed by atoms with E-state index in [-0.39, 0.29) is 5.78 Å². The summed E-state index contributed by atoms with van der Waals surface area (Å²) in [7, 11) is 0. The first-order valence-electron chi connectivity index (χ1n) is 5.88. The summed E-state index contributed by atoms with van der Waals surface area (Å²) in [4.78, 5) is 23.9. The van der Waals surface area contributed by atoms with Gasteiger partial charge in [0.05, 0.1) is 6.61 Å². The highest BCUT2D eigenvalue weighted by Gasteiger charge is 2.27. The molecule has 0 aromatic heterocycles. The van der Waals surface area contributed by atoms with Crippen LogP contribution in [0.1, 0.15) is 36.2 Å². The zero-order valence-corrected chi connectivity index (χ0v) is 10.5. The van der Waals surface area contributed by atoms with Gasteiger partial charge in [-0.25, -0.2) is 0 Å². The highest BCUT2D eigenvalue weighted by Crippen LogP contribution is 2.17.